The van der Waals surface area contributed by atoms with Gasteiger partial charge in [0.2, 0.25) is 0 Å². The second-order valence-corrected chi connectivity index (χ2v) is 4.74. The smallest absolute Gasteiger partial charge is 0.165 e. The highest BCUT2D eigenvalue weighted by atomic mass is 19.1. The van der Waals surface area contributed by atoms with Crippen molar-refractivity contribution in [3.8, 4) is 5.75 Å². The number of hydrogen-bond donors (Lipinski definition) is 1. The Labute approximate surface area is 122 Å². The first kappa shape index (κ1) is 13.5. The molecular formula is C17H15FN2O. The van der Waals surface area contributed by atoms with Crippen molar-refractivity contribution in [2.45, 2.75) is 13.2 Å². The molecule has 3 rings (SSSR count). The van der Waals surface area contributed by atoms with Gasteiger partial charge < -0.3 is 10.5 Å². The van der Waals surface area contributed by atoms with Crippen LogP contribution in [0.15, 0.2) is 54.7 Å². The highest BCUT2D eigenvalue weighted by molar-refractivity contribution is 5.81. The summed E-state index contributed by atoms with van der Waals surface area (Å²) in [5.41, 5.74) is 8.10. The quantitative estimate of drug-likeness (QED) is 0.797. The third kappa shape index (κ3) is 2.85. The Balaban J connectivity index is 1.84. The van der Waals surface area contributed by atoms with Gasteiger partial charge in [0.05, 0.1) is 5.52 Å². The van der Waals surface area contributed by atoms with Gasteiger partial charge in [0.25, 0.3) is 0 Å². The summed E-state index contributed by atoms with van der Waals surface area (Å²) in [6.07, 6.45) is 1.73. The molecule has 1 heterocycles. The Morgan fingerprint density at radius 3 is 2.76 bits per heavy atom. The molecule has 0 aliphatic heterocycles. The third-order valence-electron chi connectivity index (χ3n) is 3.35. The molecule has 0 fully saturated rings. The Morgan fingerprint density at radius 1 is 1.10 bits per heavy atom. The summed E-state index contributed by atoms with van der Waals surface area (Å²) in [6, 6.07) is 14.5. The standard InChI is InChI=1S/C17H15FN2O/c18-15-9-12(10-19)5-6-17(15)21-11-13-7-8-20-16-4-2-1-3-14(13)16/h1-9H,10-11,19H2. The SMILES string of the molecule is NCc1ccc(OCc2ccnc3ccccc23)c(F)c1. The fraction of sp³-hybridized carbons (Fsp3) is 0.118. The lowest BCUT2D eigenvalue weighted by molar-refractivity contribution is 0.291. The van der Waals surface area contributed by atoms with Crippen molar-refractivity contribution < 1.29 is 9.13 Å². The van der Waals surface area contributed by atoms with Crippen LogP contribution in [0.2, 0.25) is 0 Å². The van der Waals surface area contributed by atoms with Crippen molar-refractivity contribution in [3.05, 3.63) is 71.7 Å². The molecule has 0 radical (unpaired) electrons. The summed E-state index contributed by atoms with van der Waals surface area (Å²) in [5, 5.41) is 1.01. The van der Waals surface area contributed by atoms with Gasteiger partial charge in [-0.1, -0.05) is 24.3 Å². The van der Waals surface area contributed by atoms with Crippen molar-refractivity contribution >= 4 is 10.9 Å². The van der Waals surface area contributed by atoms with Crippen LogP contribution in [0.4, 0.5) is 4.39 Å². The summed E-state index contributed by atoms with van der Waals surface area (Å²) >= 11 is 0. The predicted octanol–water partition coefficient (Wildman–Crippen LogP) is 3.41. The van der Waals surface area contributed by atoms with Gasteiger partial charge in [-0.15, -0.1) is 0 Å². The number of para-hydroxylation sites is 1. The zero-order valence-corrected chi connectivity index (χ0v) is 11.4. The summed E-state index contributed by atoms with van der Waals surface area (Å²) in [5.74, 6) is -0.163. The number of hydrogen-bond acceptors (Lipinski definition) is 3. The monoisotopic (exact) mass is 282 g/mol. The average Bonchev–Trinajstić information content (AvgIpc) is 2.53. The van der Waals surface area contributed by atoms with Gasteiger partial charge in [-0.05, 0) is 29.8 Å². The van der Waals surface area contributed by atoms with Crippen molar-refractivity contribution in [2.24, 2.45) is 5.73 Å². The average molecular weight is 282 g/mol. The minimum Gasteiger partial charge on any atom is -0.486 e. The van der Waals surface area contributed by atoms with Gasteiger partial charge in [0, 0.05) is 23.7 Å². The first-order chi connectivity index (χ1) is 10.3. The summed E-state index contributed by atoms with van der Waals surface area (Å²) in [7, 11) is 0. The van der Waals surface area contributed by atoms with Crippen LogP contribution < -0.4 is 10.5 Å². The molecule has 4 heteroatoms. The molecule has 0 aliphatic rings. The molecule has 0 unspecified atom stereocenters. The van der Waals surface area contributed by atoms with E-state index in [1.54, 1.807) is 18.3 Å². The van der Waals surface area contributed by atoms with E-state index in [2.05, 4.69) is 4.98 Å². The van der Waals surface area contributed by atoms with E-state index in [0.29, 0.717) is 13.2 Å². The molecule has 106 valence electrons. The second kappa shape index (κ2) is 5.89. The fourth-order valence-corrected chi connectivity index (χ4v) is 2.22. The van der Waals surface area contributed by atoms with E-state index in [4.69, 9.17) is 10.5 Å². The summed E-state index contributed by atoms with van der Waals surface area (Å²) in [6.45, 7) is 0.605. The highest BCUT2D eigenvalue weighted by Gasteiger charge is 2.06. The summed E-state index contributed by atoms with van der Waals surface area (Å²) < 4.78 is 19.4. The number of pyridine rings is 1. The first-order valence-corrected chi connectivity index (χ1v) is 6.72. The van der Waals surface area contributed by atoms with E-state index in [-0.39, 0.29) is 5.75 Å². The van der Waals surface area contributed by atoms with E-state index in [0.717, 1.165) is 22.0 Å². The van der Waals surface area contributed by atoms with Crippen LogP contribution in [0, 0.1) is 5.82 Å². The predicted molar refractivity (Wildman–Crippen MR) is 80.4 cm³/mol. The number of rotatable bonds is 4. The number of nitrogens with zero attached hydrogens (tertiary/aromatic N) is 1. The van der Waals surface area contributed by atoms with Crippen molar-refractivity contribution in [2.75, 3.05) is 0 Å². The van der Waals surface area contributed by atoms with E-state index in [1.807, 2.05) is 30.3 Å². The Kier molecular flexibility index (Phi) is 3.79. The largest absolute Gasteiger partial charge is 0.486 e. The lowest BCUT2D eigenvalue weighted by atomic mass is 10.1. The van der Waals surface area contributed by atoms with Crippen molar-refractivity contribution in [1.82, 2.24) is 4.98 Å². The topological polar surface area (TPSA) is 48.1 Å². The molecule has 0 saturated heterocycles. The molecule has 2 aromatic carbocycles. The molecule has 0 aliphatic carbocycles. The number of fused-ring (bicyclic) bond motifs is 1. The Hall–Kier alpha value is -2.46. The van der Waals surface area contributed by atoms with Gasteiger partial charge >= 0.3 is 0 Å². The van der Waals surface area contributed by atoms with Gasteiger partial charge in [-0.3, -0.25) is 4.98 Å². The Bertz CT molecular complexity index is 768. The number of benzene rings is 2. The minimum atomic E-state index is -0.392. The maximum absolute atomic E-state index is 13.9. The summed E-state index contributed by atoms with van der Waals surface area (Å²) in [4.78, 5) is 4.29. The second-order valence-electron chi connectivity index (χ2n) is 4.74. The van der Waals surface area contributed by atoms with E-state index >= 15 is 0 Å². The lowest BCUT2D eigenvalue weighted by Crippen LogP contribution is -2.01. The van der Waals surface area contributed by atoms with E-state index < -0.39 is 5.82 Å². The maximum Gasteiger partial charge on any atom is 0.165 e. The van der Waals surface area contributed by atoms with Gasteiger partial charge in [0.15, 0.2) is 11.6 Å². The minimum absolute atomic E-state index is 0.230. The van der Waals surface area contributed by atoms with Gasteiger partial charge in [-0.25, -0.2) is 4.39 Å². The van der Waals surface area contributed by atoms with Crippen LogP contribution in [-0.4, -0.2) is 4.98 Å². The zero-order valence-electron chi connectivity index (χ0n) is 11.4. The molecule has 0 spiro atoms. The molecule has 2 N–H and O–H groups in total. The molecule has 3 nitrogen and oxygen atoms in total. The first-order valence-electron chi connectivity index (χ1n) is 6.72. The van der Waals surface area contributed by atoms with Crippen molar-refractivity contribution in [3.63, 3.8) is 0 Å². The highest BCUT2D eigenvalue weighted by Crippen LogP contribution is 2.22. The van der Waals surface area contributed by atoms with E-state index in [9.17, 15) is 4.39 Å². The lowest BCUT2D eigenvalue weighted by Gasteiger charge is -2.10. The van der Waals surface area contributed by atoms with E-state index in [1.165, 1.54) is 6.07 Å². The van der Waals surface area contributed by atoms with Crippen LogP contribution in [0.5, 0.6) is 5.75 Å². The molecule has 0 atom stereocenters. The van der Waals surface area contributed by atoms with Crippen LogP contribution in [-0.2, 0) is 13.2 Å². The number of aromatic nitrogens is 1. The molecule has 0 bridgehead atoms. The fourth-order valence-electron chi connectivity index (χ4n) is 2.22. The van der Waals surface area contributed by atoms with Crippen molar-refractivity contribution in [1.29, 1.82) is 0 Å². The number of nitrogens with two attached hydrogens (primary N) is 1. The van der Waals surface area contributed by atoms with Gasteiger partial charge in [-0.2, -0.15) is 0 Å². The molecule has 0 amide bonds. The molecular weight excluding hydrogens is 267 g/mol. The maximum atomic E-state index is 13.9. The van der Waals surface area contributed by atoms with Crippen LogP contribution in [0.3, 0.4) is 0 Å². The molecule has 1 aromatic heterocycles. The Morgan fingerprint density at radius 2 is 1.95 bits per heavy atom. The normalized spacial score (nSPS) is 10.8. The molecule has 3 aromatic rings. The van der Waals surface area contributed by atoms with Crippen LogP contribution >= 0.6 is 0 Å². The van der Waals surface area contributed by atoms with Crippen LogP contribution in [0.25, 0.3) is 10.9 Å². The molecule has 0 saturated carbocycles. The van der Waals surface area contributed by atoms with Crippen LogP contribution in [0.1, 0.15) is 11.1 Å². The number of halogens is 1. The number of ether oxygens (including phenoxy) is 1. The zero-order chi connectivity index (χ0) is 14.7. The molecule has 21 heavy (non-hydrogen) atoms. The third-order valence-corrected chi connectivity index (χ3v) is 3.35. The van der Waals surface area contributed by atoms with Gasteiger partial charge in [0.1, 0.15) is 6.61 Å².